The highest BCUT2D eigenvalue weighted by atomic mass is 35.5. The molecule has 90 valence electrons. The molecule has 0 radical (unpaired) electrons. The van der Waals surface area contributed by atoms with E-state index in [0.717, 1.165) is 4.88 Å². The minimum Gasteiger partial charge on any atom is -0.326 e. The van der Waals surface area contributed by atoms with Crippen molar-refractivity contribution in [3.8, 4) is 6.07 Å². The van der Waals surface area contributed by atoms with Crippen LogP contribution in [-0.4, -0.2) is 5.91 Å². The number of nitrogens with one attached hydrogen (secondary N) is 1. The van der Waals surface area contributed by atoms with Crippen LogP contribution in [0.1, 0.15) is 10.4 Å². The van der Waals surface area contributed by atoms with Crippen LogP contribution in [0.4, 0.5) is 5.69 Å². The summed E-state index contributed by atoms with van der Waals surface area (Å²) in [6.07, 6.45) is 0.343. The first kappa shape index (κ1) is 12.6. The fourth-order valence-corrected chi connectivity index (χ4v) is 2.39. The van der Waals surface area contributed by atoms with Gasteiger partial charge in [-0.25, -0.2) is 0 Å². The van der Waals surface area contributed by atoms with Crippen molar-refractivity contribution in [2.75, 3.05) is 5.32 Å². The van der Waals surface area contributed by atoms with E-state index in [1.54, 1.807) is 29.5 Å². The molecule has 3 nitrogen and oxygen atoms in total. The number of anilines is 1. The van der Waals surface area contributed by atoms with Gasteiger partial charge in [0.2, 0.25) is 5.91 Å². The van der Waals surface area contributed by atoms with Gasteiger partial charge in [0.05, 0.1) is 17.0 Å². The molecule has 1 N–H and O–H groups in total. The van der Waals surface area contributed by atoms with Crippen molar-refractivity contribution in [2.45, 2.75) is 6.42 Å². The van der Waals surface area contributed by atoms with E-state index in [-0.39, 0.29) is 5.91 Å². The summed E-state index contributed by atoms with van der Waals surface area (Å²) in [5, 5.41) is 13.8. The first-order valence-corrected chi connectivity index (χ1v) is 6.46. The monoisotopic (exact) mass is 276 g/mol. The first-order valence-electron chi connectivity index (χ1n) is 5.21. The number of nitriles is 1. The van der Waals surface area contributed by atoms with E-state index in [1.165, 1.54) is 0 Å². The van der Waals surface area contributed by atoms with Crippen molar-refractivity contribution >= 4 is 34.5 Å². The van der Waals surface area contributed by atoms with E-state index >= 15 is 0 Å². The summed E-state index contributed by atoms with van der Waals surface area (Å²) >= 11 is 7.43. The van der Waals surface area contributed by atoms with Crippen LogP contribution < -0.4 is 5.32 Å². The molecule has 1 amide bonds. The van der Waals surface area contributed by atoms with E-state index in [1.807, 2.05) is 23.6 Å². The van der Waals surface area contributed by atoms with Gasteiger partial charge in [-0.2, -0.15) is 5.26 Å². The molecule has 0 bridgehead atoms. The molecular formula is C13H9ClN2OS. The summed E-state index contributed by atoms with van der Waals surface area (Å²) in [6.45, 7) is 0. The van der Waals surface area contributed by atoms with Gasteiger partial charge in [0.1, 0.15) is 6.07 Å². The van der Waals surface area contributed by atoms with Gasteiger partial charge in [-0.05, 0) is 29.6 Å². The molecule has 0 spiro atoms. The lowest BCUT2D eigenvalue weighted by Crippen LogP contribution is -2.13. The van der Waals surface area contributed by atoms with Gasteiger partial charge < -0.3 is 5.32 Å². The molecule has 0 aliphatic rings. The molecule has 18 heavy (non-hydrogen) atoms. The molecule has 0 saturated carbocycles. The summed E-state index contributed by atoms with van der Waals surface area (Å²) in [5.74, 6) is -0.0989. The zero-order valence-corrected chi connectivity index (χ0v) is 10.9. The van der Waals surface area contributed by atoms with Crippen LogP contribution in [-0.2, 0) is 11.2 Å². The van der Waals surface area contributed by atoms with Crippen LogP contribution in [0, 0.1) is 11.3 Å². The summed E-state index contributed by atoms with van der Waals surface area (Å²) in [6, 6.07) is 10.6. The Kier molecular flexibility index (Phi) is 3.98. The molecule has 0 aliphatic heterocycles. The van der Waals surface area contributed by atoms with Crippen molar-refractivity contribution < 1.29 is 4.79 Å². The van der Waals surface area contributed by atoms with Crippen molar-refractivity contribution in [2.24, 2.45) is 0 Å². The van der Waals surface area contributed by atoms with Crippen LogP contribution in [0.15, 0.2) is 35.7 Å². The van der Waals surface area contributed by atoms with Crippen LogP contribution in [0.5, 0.6) is 0 Å². The Hall–Kier alpha value is -1.83. The number of nitrogens with zero attached hydrogens (tertiary/aromatic N) is 1. The number of amides is 1. The second-order valence-corrected chi connectivity index (χ2v) is 5.05. The third kappa shape index (κ3) is 3.10. The number of carbonyl (C=O) groups is 1. The van der Waals surface area contributed by atoms with Crippen molar-refractivity contribution in [3.63, 3.8) is 0 Å². The number of halogens is 1. The smallest absolute Gasteiger partial charge is 0.229 e. The Labute approximate surface area is 114 Å². The van der Waals surface area contributed by atoms with E-state index < -0.39 is 0 Å². The van der Waals surface area contributed by atoms with Gasteiger partial charge in [-0.15, -0.1) is 11.3 Å². The average Bonchev–Trinajstić information content (AvgIpc) is 2.82. The average molecular weight is 277 g/mol. The predicted molar refractivity (Wildman–Crippen MR) is 72.8 cm³/mol. The number of hydrogen-bond acceptors (Lipinski definition) is 3. The SMILES string of the molecule is N#Cc1ccc(NC(=O)Cc2cccs2)cc1Cl. The zero-order chi connectivity index (χ0) is 13.0. The van der Waals surface area contributed by atoms with E-state index in [9.17, 15) is 4.79 Å². The maximum Gasteiger partial charge on any atom is 0.229 e. The third-order valence-electron chi connectivity index (χ3n) is 2.29. The molecule has 2 aromatic rings. The molecule has 0 fully saturated rings. The third-order valence-corrected chi connectivity index (χ3v) is 3.48. The minimum atomic E-state index is -0.0989. The Morgan fingerprint density at radius 3 is 2.89 bits per heavy atom. The van der Waals surface area contributed by atoms with Gasteiger partial charge in [-0.3, -0.25) is 4.79 Å². The maximum absolute atomic E-state index is 11.7. The number of thiophene rings is 1. The van der Waals surface area contributed by atoms with Gasteiger partial charge in [0.25, 0.3) is 0 Å². The van der Waals surface area contributed by atoms with Crippen molar-refractivity contribution in [3.05, 3.63) is 51.2 Å². The lowest BCUT2D eigenvalue weighted by molar-refractivity contribution is -0.115. The molecule has 1 aromatic heterocycles. The van der Waals surface area contributed by atoms with Crippen molar-refractivity contribution in [1.29, 1.82) is 5.26 Å². The second-order valence-electron chi connectivity index (χ2n) is 3.61. The Morgan fingerprint density at radius 1 is 1.44 bits per heavy atom. The minimum absolute atomic E-state index is 0.0989. The molecule has 2 rings (SSSR count). The molecule has 0 unspecified atom stereocenters. The summed E-state index contributed by atoms with van der Waals surface area (Å²) < 4.78 is 0. The predicted octanol–water partition coefficient (Wildman–Crippen LogP) is 3.45. The number of carbonyl (C=O) groups excluding carboxylic acids is 1. The molecule has 1 heterocycles. The zero-order valence-electron chi connectivity index (χ0n) is 9.31. The number of rotatable bonds is 3. The summed E-state index contributed by atoms with van der Waals surface area (Å²) in [7, 11) is 0. The van der Waals surface area contributed by atoms with E-state index in [0.29, 0.717) is 22.7 Å². The normalized spacial score (nSPS) is 9.78. The van der Waals surface area contributed by atoms with Gasteiger partial charge >= 0.3 is 0 Å². The van der Waals surface area contributed by atoms with Crippen molar-refractivity contribution in [1.82, 2.24) is 0 Å². The van der Waals surface area contributed by atoms with Crippen LogP contribution in [0.25, 0.3) is 0 Å². The Morgan fingerprint density at radius 2 is 2.28 bits per heavy atom. The fourth-order valence-electron chi connectivity index (χ4n) is 1.46. The summed E-state index contributed by atoms with van der Waals surface area (Å²) in [4.78, 5) is 12.7. The lowest BCUT2D eigenvalue weighted by Gasteiger charge is -2.05. The molecule has 0 saturated heterocycles. The Balaban J connectivity index is 2.03. The molecule has 0 atom stereocenters. The summed E-state index contributed by atoms with van der Waals surface area (Å²) in [5.41, 5.74) is 0.994. The number of benzene rings is 1. The second kappa shape index (κ2) is 5.67. The van der Waals surface area contributed by atoms with Gasteiger partial charge in [-0.1, -0.05) is 17.7 Å². The first-order chi connectivity index (χ1) is 8.69. The molecule has 5 heteroatoms. The van der Waals surface area contributed by atoms with Crippen LogP contribution in [0.2, 0.25) is 5.02 Å². The standard InChI is InChI=1S/C13H9ClN2OS/c14-12-6-10(4-3-9(12)8-15)16-13(17)7-11-2-1-5-18-11/h1-6H,7H2,(H,16,17). The highest BCUT2D eigenvalue weighted by Crippen LogP contribution is 2.20. The topological polar surface area (TPSA) is 52.9 Å². The van der Waals surface area contributed by atoms with Gasteiger partial charge in [0.15, 0.2) is 0 Å². The number of hydrogen-bond donors (Lipinski definition) is 1. The largest absolute Gasteiger partial charge is 0.326 e. The quantitative estimate of drug-likeness (QED) is 0.933. The molecule has 0 aliphatic carbocycles. The van der Waals surface area contributed by atoms with Crippen LogP contribution >= 0.6 is 22.9 Å². The van der Waals surface area contributed by atoms with Gasteiger partial charge in [0, 0.05) is 10.6 Å². The van der Waals surface area contributed by atoms with E-state index in [4.69, 9.17) is 16.9 Å². The Bertz CT molecular complexity index is 602. The fraction of sp³-hybridized carbons (Fsp3) is 0.0769. The molecular weight excluding hydrogens is 268 g/mol. The lowest BCUT2D eigenvalue weighted by atomic mass is 10.2. The maximum atomic E-state index is 11.7. The highest BCUT2D eigenvalue weighted by Gasteiger charge is 2.06. The van der Waals surface area contributed by atoms with E-state index in [2.05, 4.69) is 5.32 Å². The van der Waals surface area contributed by atoms with Crippen LogP contribution in [0.3, 0.4) is 0 Å². The molecule has 1 aromatic carbocycles. The highest BCUT2D eigenvalue weighted by molar-refractivity contribution is 7.10.